The Kier molecular flexibility index (Phi) is 9.61. The van der Waals surface area contributed by atoms with E-state index in [2.05, 4.69) is 22.4 Å². The third-order valence-electron chi connectivity index (χ3n) is 4.16. The summed E-state index contributed by atoms with van der Waals surface area (Å²) in [6.45, 7) is 4.41. The van der Waals surface area contributed by atoms with E-state index in [-0.39, 0.29) is 12.3 Å². The summed E-state index contributed by atoms with van der Waals surface area (Å²) in [6, 6.07) is 12.7. The van der Waals surface area contributed by atoms with Crippen LogP contribution in [0.4, 0.5) is 0 Å². The Morgan fingerprint density at radius 1 is 1.03 bits per heavy atom. The smallest absolute Gasteiger partial charge is 0.249 e. The molecule has 0 heterocycles. The molecule has 31 heavy (non-hydrogen) atoms. The normalized spacial score (nSPS) is 10.4. The van der Waals surface area contributed by atoms with Gasteiger partial charge in [-0.2, -0.15) is 5.10 Å². The van der Waals surface area contributed by atoms with E-state index in [4.69, 9.17) is 14.2 Å². The zero-order valence-corrected chi connectivity index (χ0v) is 17.7. The van der Waals surface area contributed by atoms with E-state index in [0.717, 1.165) is 11.1 Å². The number of ether oxygens (including phenoxy) is 3. The lowest BCUT2D eigenvalue weighted by atomic mass is 10.1. The Labute approximate surface area is 181 Å². The molecule has 0 spiro atoms. The molecule has 0 aliphatic carbocycles. The number of nitrogens with one attached hydrogen (secondary N) is 2. The van der Waals surface area contributed by atoms with Crippen LogP contribution in [0.5, 0.6) is 17.2 Å². The van der Waals surface area contributed by atoms with Gasteiger partial charge in [0.1, 0.15) is 18.8 Å². The summed E-state index contributed by atoms with van der Waals surface area (Å²) < 4.78 is 15.8. The Balaban J connectivity index is 1.70. The monoisotopic (exact) mass is 425 g/mol. The predicted octanol–water partition coefficient (Wildman–Crippen LogP) is 2.47. The lowest BCUT2D eigenvalue weighted by Crippen LogP contribution is -2.31. The van der Waals surface area contributed by atoms with Gasteiger partial charge in [0.2, 0.25) is 11.8 Å². The van der Waals surface area contributed by atoms with Crippen molar-refractivity contribution < 1.29 is 23.8 Å². The lowest BCUT2D eigenvalue weighted by molar-refractivity contribution is -0.129. The quantitative estimate of drug-likeness (QED) is 0.236. The molecule has 8 nitrogen and oxygen atoms in total. The summed E-state index contributed by atoms with van der Waals surface area (Å²) in [5.41, 5.74) is 4.10. The number of hydrogen-bond donors (Lipinski definition) is 2. The first-order chi connectivity index (χ1) is 15.0. The SMILES string of the molecule is C=CCOc1ccc(/C=N\NC(=O)CC(=O)NCCc2ccc(OC)c(OC)c2)cc1. The molecule has 0 saturated carbocycles. The van der Waals surface area contributed by atoms with Gasteiger partial charge in [0.15, 0.2) is 11.5 Å². The number of carbonyl (C=O) groups excluding carboxylic acids is 2. The largest absolute Gasteiger partial charge is 0.493 e. The minimum Gasteiger partial charge on any atom is -0.493 e. The van der Waals surface area contributed by atoms with Crippen LogP contribution in [0, 0.1) is 0 Å². The Morgan fingerprint density at radius 3 is 2.45 bits per heavy atom. The third-order valence-corrected chi connectivity index (χ3v) is 4.16. The van der Waals surface area contributed by atoms with Crippen LogP contribution >= 0.6 is 0 Å². The summed E-state index contributed by atoms with van der Waals surface area (Å²) in [7, 11) is 3.14. The first kappa shape index (κ1) is 23.5. The highest BCUT2D eigenvalue weighted by Gasteiger charge is 2.09. The minimum absolute atomic E-state index is 0.308. The van der Waals surface area contributed by atoms with Crippen molar-refractivity contribution in [2.24, 2.45) is 5.10 Å². The van der Waals surface area contributed by atoms with Gasteiger partial charge < -0.3 is 19.5 Å². The number of benzene rings is 2. The molecule has 0 unspecified atom stereocenters. The van der Waals surface area contributed by atoms with Crippen molar-refractivity contribution in [1.29, 1.82) is 0 Å². The van der Waals surface area contributed by atoms with Crippen LogP contribution < -0.4 is 25.0 Å². The molecule has 2 N–H and O–H groups in total. The number of hydrogen-bond acceptors (Lipinski definition) is 6. The number of hydrazone groups is 1. The zero-order chi connectivity index (χ0) is 22.5. The second-order valence-corrected chi connectivity index (χ2v) is 6.43. The van der Waals surface area contributed by atoms with Crippen molar-refractivity contribution in [2.45, 2.75) is 12.8 Å². The molecule has 2 aromatic carbocycles. The average molecular weight is 425 g/mol. The van der Waals surface area contributed by atoms with Gasteiger partial charge in [-0.1, -0.05) is 18.7 Å². The summed E-state index contributed by atoms with van der Waals surface area (Å²) >= 11 is 0. The van der Waals surface area contributed by atoms with Gasteiger partial charge in [-0.25, -0.2) is 5.43 Å². The Bertz CT molecular complexity index is 910. The first-order valence-corrected chi connectivity index (χ1v) is 9.69. The van der Waals surface area contributed by atoms with E-state index in [1.165, 1.54) is 6.21 Å². The highest BCUT2D eigenvalue weighted by atomic mass is 16.5. The van der Waals surface area contributed by atoms with Crippen LogP contribution in [0.15, 0.2) is 60.2 Å². The van der Waals surface area contributed by atoms with Crippen molar-refractivity contribution in [3.63, 3.8) is 0 Å². The molecule has 0 atom stereocenters. The molecule has 0 saturated heterocycles. The summed E-state index contributed by atoms with van der Waals surface area (Å²) in [5, 5.41) is 6.58. The molecule has 0 bridgehead atoms. The van der Waals surface area contributed by atoms with Crippen molar-refractivity contribution in [3.8, 4) is 17.2 Å². The molecule has 0 fully saturated rings. The topological polar surface area (TPSA) is 98.2 Å². The third kappa shape index (κ3) is 8.22. The molecule has 164 valence electrons. The van der Waals surface area contributed by atoms with Gasteiger partial charge in [-0.15, -0.1) is 0 Å². The molecular formula is C23H27N3O5. The van der Waals surface area contributed by atoms with Gasteiger partial charge in [-0.05, 0) is 53.9 Å². The number of amides is 2. The Hall–Kier alpha value is -3.81. The molecule has 8 heteroatoms. The summed E-state index contributed by atoms with van der Waals surface area (Å²) in [6.07, 6.45) is 3.44. The summed E-state index contributed by atoms with van der Waals surface area (Å²) in [4.78, 5) is 23.8. The van der Waals surface area contributed by atoms with Crippen molar-refractivity contribution in [2.75, 3.05) is 27.4 Å². The van der Waals surface area contributed by atoms with E-state index in [0.29, 0.717) is 36.8 Å². The van der Waals surface area contributed by atoms with Crippen LogP contribution in [0.25, 0.3) is 0 Å². The number of rotatable bonds is 12. The van der Waals surface area contributed by atoms with Crippen molar-refractivity contribution in [3.05, 3.63) is 66.2 Å². The van der Waals surface area contributed by atoms with Crippen LogP contribution in [-0.2, 0) is 16.0 Å². The molecule has 0 aromatic heterocycles. The van der Waals surface area contributed by atoms with Crippen LogP contribution in [-0.4, -0.2) is 45.4 Å². The van der Waals surface area contributed by atoms with E-state index < -0.39 is 5.91 Å². The molecule has 0 aliphatic rings. The maximum absolute atomic E-state index is 11.9. The second kappa shape index (κ2) is 12.7. The minimum atomic E-state index is -0.495. The molecule has 2 aromatic rings. The highest BCUT2D eigenvalue weighted by molar-refractivity contribution is 5.97. The number of carbonyl (C=O) groups is 2. The predicted molar refractivity (Wildman–Crippen MR) is 119 cm³/mol. The molecule has 2 amide bonds. The highest BCUT2D eigenvalue weighted by Crippen LogP contribution is 2.27. The van der Waals surface area contributed by atoms with E-state index in [1.807, 2.05) is 18.2 Å². The molecule has 2 rings (SSSR count). The van der Waals surface area contributed by atoms with Gasteiger partial charge in [0, 0.05) is 6.54 Å². The van der Waals surface area contributed by atoms with Gasteiger partial charge >= 0.3 is 0 Å². The van der Waals surface area contributed by atoms with E-state index >= 15 is 0 Å². The average Bonchev–Trinajstić information content (AvgIpc) is 2.78. The van der Waals surface area contributed by atoms with Gasteiger partial charge in [-0.3, -0.25) is 9.59 Å². The fourth-order valence-corrected chi connectivity index (χ4v) is 2.61. The van der Waals surface area contributed by atoms with Crippen LogP contribution in [0.3, 0.4) is 0 Å². The van der Waals surface area contributed by atoms with Crippen molar-refractivity contribution in [1.82, 2.24) is 10.7 Å². The second-order valence-electron chi connectivity index (χ2n) is 6.43. The zero-order valence-electron chi connectivity index (χ0n) is 17.7. The Morgan fingerprint density at radius 2 is 1.77 bits per heavy atom. The first-order valence-electron chi connectivity index (χ1n) is 9.69. The molecular weight excluding hydrogens is 398 g/mol. The fraction of sp³-hybridized carbons (Fsp3) is 0.261. The van der Waals surface area contributed by atoms with E-state index in [1.54, 1.807) is 44.6 Å². The van der Waals surface area contributed by atoms with Crippen LogP contribution in [0.2, 0.25) is 0 Å². The lowest BCUT2D eigenvalue weighted by Gasteiger charge is -2.10. The number of methoxy groups -OCH3 is 2. The fourth-order valence-electron chi connectivity index (χ4n) is 2.61. The standard InChI is InChI=1S/C23H27N3O5/c1-4-13-31-19-8-5-18(6-9-19)16-25-26-23(28)15-22(27)24-12-11-17-7-10-20(29-2)21(14-17)30-3/h4-10,14,16H,1,11-13,15H2,2-3H3,(H,24,27)(H,26,28)/b25-16-. The van der Waals surface area contributed by atoms with Gasteiger partial charge in [0.05, 0.1) is 20.4 Å². The molecule has 0 radical (unpaired) electrons. The van der Waals surface area contributed by atoms with Crippen LogP contribution in [0.1, 0.15) is 17.5 Å². The maximum atomic E-state index is 11.9. The number of nitrogens with zero attached hydrogens (tertiary/aromatic N) is 1. The molecule has 0 aliphatic heterocycles. The maximum Gasteiger partial charge on any atom is 0.249 e. The summed E-state index contributed by atoms with van der Waals surface area (Å²) in [5.74, 6) is 1.11. The van der Waals surface area contributed by atoms with Crippen molar-refractivity contribution >= 4 is 18.0 Å². The van der Waals surface area contributed by atoms with Gasteiger partial charge in [0.25, 0.3) is 0 Å². The van der Waals surface area contributed by atoms with E-state index in [9.17, 15) is 9.59 Å².